The smallest absolute Gasteiger partial charge is 0.347 e. The van der Waals surface area contributed by atoms with Crippen molar-refractivity contribution in [1.82, 2.24) is 30.0 Å². The van der Waals surface area contributed by atoms with Crippen LogP contribution in [-0.2, 0) is 18.5 Å². The van der Waals surface area contributed by atoms with Crippen LogP contribution in [0.4, 0.5) is 13.2 Å². The van der Waals surface area contributed by atoms with Crippen LogP contribution in [0.3, 0.4) is 0 Å². The lowest BCUT2D eigenvalue weighted by molar-refractivity contribution is -0.137. The van der Waals surface area contributed by atoms with Gasteiger partial charge in [-0.1, -0.05) is 42.1 Å². The molecule has 0 spiro atoms. The molecular formula is C26H19F3N6OS2. The SMILES string of the molecule is O=C(NCc1cccc(C(F)(F)F)c1)c1csc(CSc2nnc(-c3cccnc3)n2-c2ccccc2)n1. The van der Waals surface area contributed by atoms with E-state index in [1.807, 2.05) is 47.0 Å². The van der Waals surface area contributed by atoms with Crippen molar-refractivity contribution in [3.8, 4) is 17.1 Å². The van der Waals surface area contributed by atoms with Crippen LogP contribution in [0, 0.1) is 0 Å². The number of hydrogen-bond acceptors (Lipinski definition) is 7. The summed E-state index contributed by atoms with van der Waals surface area (Å²) < 4.78 is 40.7. The van der Waals surface area contributed by atoms with Gasteiger partial charge in [0.25, 0.3) is 5.91 Å². The van der Waals surface area contributed by atoms with Crippen LogP contribution >= 0.6 is 23.1 Å². The first kappa shape index (κ1) is 25.6. The molecule has 0 bridgehead atoms. The van der Waals surface area contributed by atoms with E-state index in [2.05, 4.69) is 25.5 Å². The third-order valence-electron chi connectivity index (χ3n) is 5.38. The summed E-state index contributed by atoms with van der Waals surface area (Å²) >= 11 is 2.75. The van der Waals surface area contributed by atoms with E-state index >= 15 is 0 Å². The number of carbonyl (C=O) groups excluding carboxylic acids is 1. The summed E-state index contributed by atoms with van der Waals surface area (Å²) in [5.41, 5.74) is 1.52. The number of nitrogens with one attached hydrogen (secondary N) is 1. The number of amides is 1. The monoisotopic (exact) mass is 552 g/mol. The second-order valence-corrected chi connectivity index (χ2v) is 9.90. The second kappa shape index (κ2) is 11.2. The van der Waals surface area contributed by atoms with Gasteiger partial charge in [-0.3, -0.25) is 14.3 Å². The summed E-state index contributed by atoms with van der Waals surface area (Å²) in [6.45, 7) is -0.0400. The van der Waals surface area contributed by atoms with E-state index in [0.29, 0.717) is 27.3 Å². The Balaban J connectivity index is 1.27. The Kier molecular flexibility index (Phi) is 7.52. The number of pyridine rings is 1. The number of alkyl halides is 3. The van der Waals surface area contributed by atoms with Crippen molar-refractivity contribution in [1.29, 1.82) is 0 Å². The average Bonchev–Trinajstić information content (AvgIpc) is 3.59. The van der Waals surface area contributed by atoms with Gasteiger partial charge in [-0.2, -0.15) is 13.2 Å². The van der Waals surface area contributed by atoms with E-state index in [-0.39, 0.29) is 12.2 Å². The number of rotatable bonds is 8. The molecule has 0 saturated heterocycles. The van der Waals surface area contributed by atoms with E-state index < -0.39 is 17.6 Å². The minimum Gasteiger partial charge on any atom is -0.347 e. The first-order valence-corrected chi connectivity index (χ1v) is 13.2. The van der Waals surface area contributed by atoms with Gasteiger partial charge >= 0.3 is 6.18 Å². The van der Waals surface area contributed by atoms with E-state index in [1.54, 1.807) is 17.8 Å². The molecule has 0 aliphatic heterocycles. The van der Waals surface area contributed by atoms with Crippen LogP contribution in [0.15, 0.2) is 89.7 Å². The predicted molar refractivity (Wildman–Crippen MR) is 139 cm³/mol. The third kappa shape index (κ3) is 5.92. The van der Waals surface area contributed by atoms with Crippen molar-refractivity contribution in [2.24, 2.45) is 0 Å². The molecule has 5 aromatic rings. The zero-order valence-electron chi connectivity index (χ0n) is 19.6. The van der Waals surface area contributed by atoms with Crippen molar-refractivity contribution < 1.29 is 18.0 Å². The van der Waals surface area contributed by atoms with E-state index in [9.17, 15) is 18.0 Å². The van der Waals surface area contributed by atoms with Crippen LogP contribution in [-0.4, -0.2) is 30.6 Å². The highest BCUT2D eigenvalue weighted by Gasteiger charge is 2.30. The molecule has 5 rings (SSSR count). The van der Waals surface area contributed by atoms with Crippen molar-refractivity contribution in [2.45, 2.75) is 23.6 Å². The van der Waals surface area contributed by atoms with Gasteiger partial charge in [0.1, 0.15) is 10.7 Å². The van der Waals surface area contributed by atoms with E-state index in [0.717, 1.165) is 23.4 Å². The molecule has 0 radical (unpaired) electrons. The maximum Gasteiger partial charge on any atom is 0.416 e. The van der Waals surface area contributed by atoms with E-state index in [4.69, 9.17) is 0 Å². The summed E-state index contributed by atoms with van der Waals surface area (Å²) in [5, 5.41) is 14.4. The number of nitrogens with zero attached hydrogens (tertiary/aromatic N) is 5. The zero-order chi connectivity index (χ0) is 26.5. The molecule has 2 aromatic carbocycles. The van der Waals surface area contributed by atoms with Gasteiger partial charge in [-0.05, 0) is 42.0 Å². The first-order valence-electron chi connectivity index (χ1n) is 11.3. The molecular weight excluding hydrogens is 533 g/mol. The largest absolute Gasteiger partial charge is 0.416 e. The highest BCUT2D eigenvalue weighted by atomic mass is 32.2. The molecule has 0 aliphatic carbocycles. The number of para-hydroxylation sites is 1. The number of carbonyl (C=O) groups is 1. The molecule has 0 atom stereocenters. The topological polar surface area (TPSA) is 85.6 Å². The van der Waals surface area contributed by atoms with Crippen LogP contribution in [0.1, 0.15) is 26.6 Å². The fourth-order valence-corrected chi connectivity index (χ4v) is 5.34. The lowest BCUT2D eigenvalue weighted by Crippen LogP contribution is -2.23. The van der Waals surface area contributed by atoms with Gasteiger partial charge in [0, 0.05) is 35.6 Å². The Morgan fingerprint density at radius 2 is 1.87 bits per heavy atom. The number of thioether (sulfide) groups is 1. The molecule has 38 heavy (non-hydrogen) atoms. The van der Waals surface area contributed by atoms with E-state index in [1.165, 1.54) is 35.2 Å². The van der Waals surface area contributed by atoms with Gasteiger partial charge < -0.3 is 5.32 Å². The lowest BCUT2D eigenvalue weighted by atomic mass is 10.1. The van der Waals surface area contributed by atoms with Gasteiger partial charge in [-0.25, -0.2) is 4.98 Å². The van der Waals surface area contributed by atoms with Gasteiger partial charge in [-0.15, -0.1) is 21.5 Å². The maximum atomic E-state index is 12.9. The molecule has 1 amide bonds. The molecule has 7 nitrogen and oxygen atoms in total. The molecule has 0 unspecified atom stereocenters. The quantitative estimate of drug-likeness (QED) is 0.237. The Bertz CT molecular complexity index is 1540. The van der Waals surface area contributed by atoms with Crippen molar-refractivity contribution >= 4 is 29.0 Å². The van der Waals surface area contributed by atoms with Crippen LogP contribution in [0.25, 0.3) is 17.1 Å². The molecule has 12 heteroatoms. The summed E-state index contributed by atoms with van der Waals surface area (Å²) in [6, 6.07) is 18.3. The zero-order valence-corrected chi connectivity index (χ0v) is 21.2. The second-order valence-electron chi connectivity index (χ2n) is 8.01. The maximum absolute atomic E-state index is 12.9. The lowest BCUT2D eigenvalue weighted by Gasteiger charge is -2.09. The number of thiazole rings is 1. The molecule has 1 N–H and O–H groups in total. The standard InChI is InChI=1S/C26H19F3N6OS2/c27-26(28,29)19-8-4-6-17(12-19)13-31-24(36)21-15-37-22(32-21)16-38-25-34-33-23(18-7-5-11-30-14-18)35(25)20-9-2-1-3-10-20/h1-12,14-15H,13,16H2,(H,31,36). The molecule has 0 fully saturated rings. The Hall–Kier alpha value is -4.03. The average molecular weight is 553 g/mol. The Labute approximate surface area is 223 Å². The molecule has 0 saturated carbocycles. The summed E-state index contributed by atoms with van der Waals surface area (Å²) in [6.07, 6.45) is -1.02. The number of hydrogen-bond donors (Lipinski definition) is 1. The van der Waals surface area contributed by atoms with Gasteiger partial charge in [0.2, 0.25) is 0 Å². The van der Waals surface area contributed by atoms with Crippen LogP contribution in [0.2, 0.25) is 0 Å². The summed E-state index contributed by atoms with van der Waals surface area (Å²) in [4.78, 5) is 21.1. The van der Waals surface area contributed by atoms with Gasteiger partial charge in [0.15, 0.2) is 11.0 Å². The summed E-state index contributed by atoms with van der Waals surface area (Å²) in [5.74, 6) is 0.644. The molecule has 192 valence electrons. The van der Waals surface area contributed by atoms with Crippen LogP contribution in [0.5, 0.6) is 0 Å². The van der Waals surface area contributed by atoms with Crippen molar-refractivity contribution in [3.63, 3.8) is 0 Å². The van der Waals surface area contributed by atoms with Crippen molar-refractivity contribution in [2.75, 3.05) is 0 Å². The Morgan fingerprint density at radius 1 is 1.03 bits per heavy atom. The normalized spacial score (nSPS) is 11.4. The summed E-state index contributed by atoms with van der Waals surface area (Å²) in [7, 11) is 0. The molecule has 0 aliphatic rings. The van der Waals surface area contributed by atoms with Gasteiger partial charge in [0.05, 0.1) is 11.3 Å². The molecule has 3 aromatic heterocycles. The highest BCUT2D eigenvalue weighted by Crippen LogP contribution is 2.31. The minimum absolute atomic E-state index is 0.0400. The fourth-order valence-electron chi connectivity index (χ4n) is 3.59. The number of aromatic nitrogens is 5. The number of halogens is 3. The number of benzene rings is 2. The minimum atomic E-state index is -4.44. The fraction of sp³-hybridized carbons (Fsp3) is 0.115. The predicted octanol–water partition coefficient (Wildman–Crippen LogP) is 6.03. The van der Waals surface area contributed by atoms with Crippen LogP contribution < -0.4 is 5.32 Å². The third-order valence-corrected chi connectivity index (χ3v) is 7.36. The Morgan fingerprint density at radius 3 is 2.63 bits per heavy atom. The molecule has 3 heterocycles. The first-order chi connectivity index (χ1) is 18.4. The highest BCUT2D eigenvalue weighted by molar-refractivity contribution is 7.98. The van der Waals surface area contributed by atoms with Crippen molar-refractivity contribution in [3.05, 3.63) is 106 Å².